The van der Waals surface area contributed by atoms with Gasteiger partial charge in [-0.05, 0) is 12.8 Å². The smallest absolute Gasteiger partial charge is 0.135 e. The second-order valence-corrected chi connectivity index (χ2v) is 4.04. The molecule has 18 heavy (non-hydrogen) atoms. The summed E-state index contributed by atoms with van der Waals surface area (Å²) < 4.78 is 0. The topological polar surface area (TPSA) is 90.3 Å². The number of hydrogen-bond acceptors (Lipinski definition) is 6. The molecule has 6 nitrogen and oxygen atoms in total. The Morgan fingerprint density at radius 2 is 1.83 bits per heavy atom. The van der Waals surface area contributed by atoms with Gasteiger partial charge in [-0.3, -0.25) is 0 Å². The van der Waals surface area contributed by atoms with Crippen molar-refractivity contribution in [3.05, 3.63) is 11.9 Å². The summed E-state index contributed by atoms with van der Waals surface area (Å²) in [6.07, 6.45) is 3.27. The van der Waals surface area contributed by atoms with Crippen LogP contribution in [0.4, 0.5) is 11.6 Å². The van der Waals surface area contributed by atoms with Crippen LogP contribution in [0.5, 0.6) is 0 Å². The Balaban J connectivity index is 2.89. The van der Waals surface area contributed by atoms with Gasteiger partial charge in [-0.1, -0.05) is 13.8 Å². The molecule has 0 bridgehead atoms. The van der Waals surface area contributed by atoms with Crippen molar-refractivity contribution in [3.8, 4) is 0 Å². The minimum Gasteiger partial charge on any atom is -0.394 e. The predicted octanol–water partition coefficient (Wildman–Crippen LogP) is 0.626. The maximum atomic E-state index is 9.08. The van der Waals surface area contributed by atoms with Crippen LogP contribution in [0.3, 0.4) is 0 Å². The fourth-order valence-electron chi connectivity index (χ4n) is 1.61. The third-order valence-corrected chi connectivity index (χ3v) is 2.62. The molecule has 0 aliphatic carbocycles. The zero-order chi connectivity index (χ0) is 13.4. The second-order valence-electron chi connectivity index (χ2n) is 4.04. The van der Waals surface area contributed by atoms with E-state index >= 15 is 0 Å². The highest BCUT2D eigenvalue weighted by Gasteiger charge is 2.13. The normalized spacial score (nSPS) is 10.7. The quantitative estimate of drug-likeness (QED) is 0.544. The lowest BCUT2D eigenvalue weighted by atomic mass is 10.2. The predicted molar refractivity (Wildman–Crippen MR) is 71.8 cm³/mol. The SMILES string of the molecule is CCCNc1ncnc(NC(CO)CO)c1CC. The van der Waals surface area contributed by atoms with Crippen LogP contribution in [-0.4, -0.2) is 46.0 Å². The average Bonchev–Trinajstić information content (AvgIpc) is 2.42. The highest BCUT2D eigenvalue weighted by molar-refractivity contribution is 5.57. The van der Waals surface area contributed by atoms with Crippen molar-refractivity contribution in [1.29, 1.82) is 0 Å². The van der Waals surface area contributed by atoms with E-state index in [2.05, 4.69) is 27.5 Å². The molecule has 0 spiro atoms. The first kappa shape index (κ1) is 14.7. The number of aliphatic hydroxyl groups excluding tert-OH is 2. The van der Waals surface area contributed by atoms with Gasteiger partial charge in [-0.15, -0.1) is 0 Å². The van der Waals surface area contributed by atoms with Crippen molar-refractivity contribution in [3.63, 3.8) is 0 Å². The van der Waals surface area contributed by atoms with E-state index in [1.54, 1.807) is 0 Å². The molecular weight excluding hydrogens is 232 g/mol. The molecule has 0 fully saturated rings. The molecule has 1 rings (SSSR count). The van der Waals surface area contributed by atoms with Gasteiger partial charge in [0.25, 0.3) is 0 Å². The maximum absolute atomic E-state index is 9.08. The van der Waals surface area contributed by atoms with E-state index < -0.39 is 6.04 Å². The van der Waals surface area contributed by atoms with Gasteiger partial charge in [-0.2, -0.15) is 0 Å². The van der Waals surface area contributed by atoms with Crippen molar-refractivity contribution < 1.29 is 10.2 Å². The highest BCUT2D eigenvalue weighted by Crippen LogP contribution is 2.20. The molecule has 1 aromatic rings. The number of rotatable bonds is 8. The molecule has 0 saturated carbocycles. The first-order valence-electron chi connectivity index (χ1n) is 6.32. The average molecular weight is 254 g/mol. The standard InChI is InChI=1S/C12H22N4O2/c1-3-5-13-11-10(4-2)12(15-8-14-11)16-9(6-17)7-18/h8-9,17-18H,3-7H2,1-2H3,(H2,13,14,15,16). The lowest BCUT2D eigenvalue weighted by Gasteiger charge is -2.18. The van der Waals surface area contributed by atoms with E-state index in [1.165, 1.54) is 6.33 Å². The molecule has 0 aliphatic rings. The molecule has 6 heteroatoms. The molecular formula is C12H22N4O2. The van der Waals surface area contributed by atoms with E-state index in [0.717, 1.165) is 30.8 Å². The van der Waals surface area contributed by atoms with Crippen molar-refractivity contribution in [1.82, 2.24) is 9.97 Å². The van der Waals surface area contributed by atoms with E-state index in [0.29, 0.717) is 5.82 Å². The summed E-state index contributed by atoms with van der Waals surface area (Å²) in [4.78, 5) is 8.39. The number of nitrogens with zero attached hydrogens (tertiary/aromatic N) is 2. The van der Waals surface area contributed by atoms with Crippen LogP contribution in [-0.2, 0) is 6.42 Å². The fraction of sp³-hybridized carbons (Fsp3) is 0.667. The lowest BCUT2D eigenvalue weighted by molar-refractivity contribution is 0.203. The van der Waals surface area contributed by atoms with E-state index in [1.807, 2.05) is 6.92 Å². The minimum absolute atomic E-state index is 0.138. The van der Waals surface area contributed by atoms with Crippen molar-refractivity contribution in [2.75, 3.05) is 30.4 Å². The number of anilines is 2. The Labute approximate surface area is 107 Å². The lowest BCUT2D eigenvalue weighted by Crippen LogP contribution is -2.29. The molecule has 4 N–H and O–H groups in total. The molecule has 0 atom stereocenters. The van der Waals surface area contributed by atoms with Gasteiger partial charge in [0.1, 0.15) is 18.0 Å². The van der Waals surface area contributed by atoms with Gasteiger partial charge < -0.3 is 20.8 Å². The fourth-order valence-corrected chi connectivity index (χ4v) is 1.61. The van der Waals surface area contributed by atoms with Gasteiger partial charge in [0.2, 0.25) is 0 Å². The Morgan fingerprint density at radius 1 is 1.17 bits per heavy atom. The first-order chi connectivity index (χ1) is 8.76. The number of hydrogen-bond donors (Lipinski definition) is 4. The molecule has 0 saturated heterocycles. The van der Waals surface area contributed by atoms with Gasteiger partial charge in [0.15, 0.2) is 0 Å². The third kappa shape index (κ3) is 3.82. The molecule has 1 aromatic heterocycles. The van der Waals surface area contributed by atoms with E-state index in [9.17, 15) is 0 Å². The second kappa shape index (κ2) is 7.84. The number of aromatic nitrogens is 2. The Morgan fingerprint density at radius 3 is 2.39 bits per heavy atom. The Bertz CT molecular complexity index is 356. The molecule has 1 heterocycles. The van der Waals surface area contributed by atoms with Crippen LogP contribution < -0.4 is 10.6 Å². The highest BCUT2D eigenvalue weighted by atomic mass is 16.3. The minimum atomic E-state index is -0.399. The van der Waals surface area contributed by atoms with Crippen LogP contribution in [0, 0.1) is 0 Å². The van der Waals surface area contributed by atoms with Crippen LogP contribution in [0.25, 0.3) is 0 Å². The van der Waals surface area contributed by atoms with E-state index in [-0.39, 0.29) is 13.2 Å². The number of nitrogens with one attached hydrogen (secondary N) is 2. The van der Waals surface area contributed by atoms with Crippen LogP contribution in [0.15, 0.2) is 6.33 Å². The van der Waals surface area contributed by atoms with Crippen molar-refractivity contribution in [2.24, 2.45) is 0 Å². The monoisotopic (exact) mass is 254 g/mol. The Hall–Kier alpha value is -1.40. The molecule has 0 unspecified atom stereocenters. The third-order valence-electron chi connectivity index (χ3n) is 2.62. The summed E-state index contributed by atoms with van der Waals surface area (Å²) in [5.74, 6) is 1.48. The maximum Gasteiger partial charge on any atom is 0.135 e. The summed E-state index contributed by atoms with van der Waals surface area (Å²) in [5.41, 5.74) is 0.970. The van der Waals surface area contributed by atoms with Crippen molar-refractivity contribution in [2.45, 2.75) is 32.7 Å². The summed E-state index contributed by atoms with van der Waals surface area (Å²) in [5, 5.41) is 24.4. The zero-order valence-corrected chi connectivity index (χ0v) is 11.0. The molecule has 0 aromatic carbocycles. The molecule has 0 aliphatic heterocycles. The number of aliphatic hydroxyl groups is 2. The largest absolute Gasteiger partial charge is 0.394 e. The summed E-state index contributed by atoms with van der Waals surface area (Å²) in [7, 11) is 0. The van der Waals surface area contributed by atoms with Crippen molar-refractivity contribution >= 4 is 11.6 Å². The van der Waals surface area contributed by atoms with Gasteiger partial charge >= 0.3 is 0 Å². The molecule has 102 valence electrons. The molecule has 0 amide bonds. The van der Waals surface area contributed by atoms with Gasteiger partial charge in [-0.25, -0.2) is 9.97 Å². The summed E-state index contributed by atoms with van der Waals surface area (Å²) in [6.45, 7) is 4.69. The molecule has 0 radical (unpaired) electrons. The van der Waals surface area contributed by atoms with Gasteiger partial charge in [0.05, 0.1) is 19.3 Å². The Kier molecular flexibility index (Phi) is 6.38. The van der Waals surface area contributed by atoms with Gasteiger partial charge in [0, 0.05) is 12.1 Å². The van der Waals surface area contributed by atoms with E-state index in [4.69, 9.17) is 10.2 Å². The van der Waals surface area contributed by atoms with Crippen LogP contribution in [0.2, 0.25) is 0 Å². The van der Waals surface area contributed by atoms with Crippen LogP contribution >= 0.6 is 0 Å². The summed E-state index contributed by atoms with van der Waals surface area (Å²) in [6, 6.07) is -0.399. The zero-order valence-electron chi connectivity index (χ0n) is 11.0. The first-order valence-corrected chi connectivity index (χ1v) is 6.32. The van der Waals surface area contributed by atoms with Crippen LogP contribution in [0.1, 0.15) is 25.8 Å². The summed E-state index contributed by atoms with van der Waals surface area (Å²) >= 11 is 0.